The van der Waals surface area contributed by atoms with E-state index >= 15 is 0 Å². The van der Waals surface area contributed by atoms with E-state index in [2.05, 4.69) is 15.9 Å². The molecule has 17 heavy (non-hydrogen) atoms. The van der Waals surface area contributed by atoms with Crippen LogP contribution in [0, 0.1) is 0 Å². The van der Waals surface area contributed by atoms with Crippen molar-refractivity contribution in [1.29, 1.82) is 0 Å². The van der Waals surface area contributed by atoms with Crippen molar-refractivity contribution < 1.29 is 14.1 Å². The maximum atomic E-state index is 12.0. The molecule has 1 atom stereocenters. The fourth-order valence-corrected chi connectivity index (χ4v) is 3.16. The van der Waals surface area contributed by atoms with Gasteiger partial charge in [0.25, 0.3) is 0 Å². The van der Waals surface area contributed by atoms with Crippen molar-refractivity contribution in [3.8, 4) is 0 Å². The van der Waals surface area contributed by atoms with Crippen LogP contribution in [-0.2, 0) is 10.8 Å². The quantitative estimate of drug-likeness (QED) is 0.899. The van der Waals surface area contributed by atoms with Crippen LogP contribution < -0.4 is 0 Å². The summed E-state index contributed by atoms with van der Waals surface area (Å²) in [5.74, 6) is -0.630. The van der Waals surface area contributed by atoms with Gasteiger partial charge in [-0.3, -0.25) is 4.21 Å². The Morgan fingerprint density at radius 3 is 2.65 bits per heavy atom. The number of carboxylic acid groups (broad SMARTS) is 1. The molecule has 0 amide bonds. The van der Waals surface area contributed by atoms with E-state index in [1.165, 1.54) is 6.07 Å². The molecule has 0 aliphatic rings. The van der Waals surface area contributed by atoms with Gasteiger partial charge in [0, 0.05) is 16.8 Å². The largest absolute Gasteiger partial charge is 0.478 e. The van der Waals surface area contributed by atoms with Crippen LogP contribution in [0.1, 0.15) is 10.4 Å². The van der Waals surface area contributed by atoms with Gasteiger partial charge in [0.15, 0.2) is 0 Å². The smallest absolute Gasteiger partial charge is 0.336 e. The number of aromatic carboxylic acids is 1. The Kier molecular flexibility index (Phi) is 5.30. The van der Waals surface area contributed by atoms with Crippen molar-refractivity contribution >= 4 is 32.7 Å². The Morgan fingerprint density at radius 1 is 1.47 bits per heavy atom. The van der Waals surface area contributed by atoms with E-state index in [0.29, 0.717) is 17.2 Å². The van der Waals surface area contributed by atoms with Crippen molar-refractivity contribution in [3.63, 3.8) is 0 Å². The normalized spacial score (nSPS) is 12.7. The highest BCUT2D eigenvalue weighted by molar-refractivity contribution is 9.10. The van der Waals surface area contributed by atoms with Crippen molar-refractivity contribution in [2.24, 2.45) is 0 Å². The van der Waals surface area contributed by atoms with Gasteiger partial charge in [-0.15, -0.1) is 0 Å². The van der Waals surface area contributed by atoms with Crippen LogP contribution in [0.2, 0.25) is 0 Å². The third-order valence-electron chi connectivity index (χ3n) is 2.14. The topological polar surface area (TPSA) is 57.6 Å². The predicted molar refractivity (Wildman–Crippen MR) is 70.9 cm³/mol. The number of nitrogens with zero attached hydrogens (tertiary/aromatic N) is 1. The van der Waals surface area contributed by atoms with E-state index in [-0.39, 0.29) is 5.56 Å². The number of rotatable bonds is 5. The third-order valence-corrected chi connectivity index (χ3v) is 4.02. The first-order chi connectivity index (χ1) is 7.91. The second-order valence-corrected chi connectivity index (χ2v) is 6.25. The monoisotopic (exact) mass is 319 g/mol. The van der Waals surface area contributed by atoms with Crippen LogP contribution in [-0.4, -0.2) is 46.6 Å². The Labute approximate surface area is 111 Å². The minimum absolute atomic E-state index is 0.102. The summed E-state index contributed by atoms with van der Waals surface area (Å²) in [6, 6.07) is 4.71. The van der Waals surface area contributed by atoms with Crippen LogP contribution in [0.3, 0.4) is 0 Å². The molecule has 0 spiro atoms. The lowest BCUT2D eigenvalue weighted by molar-refractivity contribution is 0.0693. The van der Waals surface area contributed by atoms with E-state index in [0.717, 1.165) is 4.47 Å². The SMILES string of the molecule is CN(C)CCS(=O)c1cc(Br)ccc1C(=O)O. The molecule has 4 nitrogen and oxygen atoms in total. The molecule has 1 unspecified atom stereocenters. The minimum atomic E-state index is -1.30. The first-order valence-corrected chi connectivity index (χ1v) is 7.09. The lowest BCUT2D eigenvalue weighted by Gasteiger charge is -2.10. The van der Waals surface area contributed by atoms with Gasteiger partial charge in [0.1, 0.15) is 0 Å². The molecule has 0 bridgehead atoms. The van der Waals surface area contributed by atoms with Gasteiger partial charge >= 0.3 is 5.97 Å². The minimum Gasteiger partial charge on any atom is -0.478 e. The fourth-order valence-electron chi connectivity index (χ4n) is 1.24. The Balaban J connectivity index is 2.98. The molecule has 1 N–H and O–H groups in total. The summed E-state index contributed by atoms with van der Waals surface area (Å²) in [7, 11) is 2.47. The maximum absolute atomic E-state index is 12.0. The molecule has 94 valence electrons. The van der Waals surface area contributed by atoms with Gasteiger partial charge in [-0.2, -0.15) is 0 Å². The molecule has 0 saturated heterocycles. The fraction of sp³-hybridized carbons (Fsp3) is 0.364. The first-order valence-electron chi connectivity index (χ1n) is 4.97. The summed E-state index contributed by atoms with van der Waals surface area (Å²) in [5, 5.41) is 9.02. The number of halogens is 1. The van der Waals surface area contributed by atoms with Crippen LogP contribution in [0.4, 0.5) is 0 Å². The molecule has 0 fully saturated rings. The average Bonchev–Trinajstić information content (AvgIpc) is 2.25. The summed E-state index contributed by atoms with van der Waals surface area (Å²) in [6.07, 6.45) is 0. The van der Waals surface area contributed by atoms with E-state index in [4.69, 9.17) is 5.11 Å². The number of hydrogen-bond acceptors (Lipinski definition) is 3. The highest BCUT2D eigenvalue weighted by Gasteiger charge is 2.15. The number of carbonyl (C=O) groups is 1. The molecule has 0 aromatic heterocycles. The van der Waals surface area contributed by atoms with Crippen LogP contribution in [0.5, 0.6) is 0 Å². The van der Waals surface area contributed by atoms with Gasteiger partial charge in [-0.1, -0.05) is 15.9 Å². The van der Waals surface area contributed by atoms with Crippen molar-refractivity contribution in [2.75, 3.05) is 26.4 Å². The number of carboxylic acids is 1. The van der Waals surface area contributed by atoms with E-state index < -0.39 is 16.8 Å². The zero-order valence-corrected chi connectivity index (χ0v) is 12.0. The van der Waals surface area contributed by atoms with E-state index in [9.17, 15) is 9.00 Å². The molecule has 1 aromatic carbocycles. The second kappa shape index (κ2) is 6.28. The van der Waals surface area contributed by atoms with Gasteiger partial charge < -0.3 is 10.0 Å². The summed E-state index contributed by atoms with van der Waals surface area (Å²) in [4.78, 5) is 13.3. The van der Waals surface area contributed by atoms with E-state index in [1.54, 1.807) is 12.1 Å². The molecule has 0 aliphatic heterocycles. The zero-order chi connectivity index (χ0) is 13.0. The zero-order valence-electron chi connectivity index (χ0n) is 9.64. The molecule has 0 heterocycles. The van der Waals surface area contributed by atoms with Crippen molar-refractivity contribution in [2.45, 2.75) is 4.90 Å². The Hall–Kier alpha value is -0.720. The highest BCUT2D eigenvalue weighted by atomic mass is 79.9. The Morgan fingerprint density at radius 2 is 2.12 bits per heavy atom. The summed E-state index contributed by atoms with van der Waals surface area (Å²) < 4.78 is 12.8. The molecule has 6 heteroatoms. The average molecular weight is 320 g/mol. The maximum Gasteiger partial charge on any atom is 0.336 e. The summed E-state index contributed by atoms with van der Waals surface area (Å²) >= 11 is 3.26. The van der Waals surface area contributed by atoms with Crippen molar-refractivity contribution in [1.82, 2.24) is 4.90 Å². The van der Waals surface area contributed by atoms with Crippen LogP contribution in [0.15, 0.2) is 27.6 Å². The van der Waals surface area contributed by atoms with Gasteiger partial charge in [0.2, 0.25) is 0 Å². The van der Waals surface area contributed by atoms with Gasteiger partial charge in [0.05, 0.1) is 21.3 Å². The number of benzene rings is 1. The van der Waals surface area contributed by atoms with Crippen LogP contribution >= 0.6 is 15.9 Å². The second-order valence-electron chi connectivity index (χ2n) is 3.80. The molecule has 0 radical (unpaired) electrons. The highest BCUT2D eigenvalue weighted by Crippen LogP contribution is 2.20. The molecule has 0 aliphatic carbocycles. The lowest BCUT2D eigenvalue weighted by atomic mass is 10.2. The van der Waals surface area contributed by atoms with Crippen molar-refractivity contribution in [3.05, 3.63) is 28.2 Å². The van der Waals surface area contributed by atoms with Crippen LogP contribution in [0.25, 0.3) is 0 Å². The summed E-state index contributed by atoms with van der Waals surface area (Å²) in [5.41, 5.74) is 0.102. The molecular weight excluding hydrogens is 306 g/mol. The third kappa shape index (κ3) is 4.22. The first kappa shape index (κ1) is 14.3. The predicted octanol–water partition coefficient (Wildman–Crippen LogP) is 1.82. The van der Waals surface area contributed by atoms with Gasteiger partial charge in [-0.25, -0.2) is 4.79 Å². The number of hydrogen-bond donors (Lipinski definition) is 1. The van der Waals surface area contributed by atoms with Gasteiger partial charge in [-0.05, 0) is 32.3 Å². The molecule has 0 saturated carbocycles. The lowest BCUT2D eigenvalue weighted by Crippen LogP contribution is -2.19. The Bertz CT molecular complexity index is 448. The standard InChI is InChI=1S/C11H14BrNO3S/c1-13(2)5-6-17(16)10-7-8(12)3-4-9(10)11(14)15/h3-4,7H,5-6H2,1-2H3,(H,14,15). The molecular formula is C11H14BrNO3S. The molecule has 1 rings (SSSR count). The molecule has 1 aromatic rings. The summed E-state index contributed by atoms with van der Waals surface area (Å²) in [6.45, 7) is 0.651. The van der Waals surface area contributed by atoms with E-state index in [1.807, 2.05) is 19.0 Å².